The molecule has 0 fully saturated rings. The number of amides is 1. The van der Waals surface area contributed by atoms with E-state index >= 15 is 0 Å². The lowest BCUT2D eigenvalue weighted by molar-refractivity contribution is -0.383. The fourth-order valence-corrected chi connectivity index (χ4v) is 1.97. The molecule has 0 saturated carbocycles. The molecule has 2 aromatic carbocycles. The van der Waals surface area contributed by atoms with Crippen molar-refractivity contribution in [1.82, 2.24) is 0 Å². The lowest BCUT2D eigenvalue weighted by Gasteiger charge is -2.11. The van der Waals surface area contributed by atoms with Gasteiger partial charge in [0.05, 0.1) is 10.6 Å². The average molecular weight is 285 g/mol. The lowest BCUT2D eigenvalue weighted by Crippen LogP contribution is -2.13. The third kappa shape index (κ3) is 3.17. The maximum Gasteiger partial charge on any atom is 0.294 e. The molecule has 0 spiro atoms. The van der Waals surface area contributed by atoms with Crippen LogP contribution in [-0.4, -0.2) is 17.9 Å². The third-order valence-electron chi connectivity index (χ3n) is 3.09. The molecule has 2 aromatic rings. The van der Waals surface area contributed by atoms with E-state index in [-0.39, 0.29) is 11.6 Å². The van der Waals surface area contributed by atoms with Crippen LogP contribution < -0.4 is 10.6 Å². The van der Waals surface area contributed by atoms with Crippen molar-refractivity contribution in [2.45, 2.75) is 6.92 Å². The summed E-state index contributed by atoms with van der Waals surface area (Å²) in [5.41, 5.74) is 2.00. The number of nitro benzene ring substituents is 1. The van der Waals surface area contributed by atoms with Crippen LogP contribution in [0.25, 0.3) is 0 Å². The van der Waals surface area contributed by atoms with Crippen LogP contribution in [0.3, 0.4) is 0 Å². The number of nitro groups is 1. The predicted molar refractivity (Wildman–Crippen MR) is 81.8 cm³/mol. The van der Waals surface area contributed by atoms with Gasteiger partial charge in [-0.05, 0) is 30.7 Å². The molecule has 6 heteroatoms. The average Bonchev–Trinajstić information content (AvgIpc) is 2.49. The van der Waals surface area contributed by atoms with Crippen molar-refractivity contribution >= 4 is 23.0 Å². The van der Waals surface area contributed by atoms with Gasteiger partial charge in [0.2, 0.25) is 0 Å². The third-order valence-corrected chi connectivity index (χ3v) is 3.09. The molecule has 0 saturated heterocycles. The highest BCUT2D eigenvalue weighted by Gasteiger charge is 2.17. The van der Waals surface area contributed by atoms with Crippen LogP contribution in [0.4, 0.5) is 17.1 Å². The van der Waals surface area contributed by atoms with Gasteiger partial charge in [0, 0.05) is 18.7 Å². The minimum absolute atomic E-state index is 0.0774. The van der Waals surface area contributed by atoms with Gasteiger partial charge in [-0.15, -0.1) is 0 Å². The first-order chi connectivity index (χ1) is 10.0. The van der Waals surface area contributed by atoms with E-state index in [0.29, 0.717) is 16.9 Å². The molecule has 2 rings (SSSR count). The molecule has 2 N–H and O–H groups in total. The molecule has 21 heavy (non-hydrogen) atoms. The number of hydrogen-bond donors (Lipinski definition) is 2. The number of nitrogens with zero attached hydrogens (tertiary/aromatic N) is 1. The molecule has 0 aliphatic rings. The molecule has 0 unspecified atom stereocenters. The van der Waals surface area contributed by atoms with E-state index in [4.69, 9.17) is 0 Å². The monoisotopic (exact) mass is 285 g/mol. The fourth-order valence-electron chi connectivity index (χ4n) is 1.97. The molecule has 0 heterocycles. The van der Waals surface area contributed by atoms with Gasteiger partial charge in [-0.25, -0.2) is 0 Å². The number of rotatable bonds is 4. The highest BCUT2D eigenvalue weighted by Crippen LogP contribution is 2.30. The van der Waals surface area contributed by atoms with Crippen LogP contribution in [0.5, 0.6) is 0 Å². The highest BCUT2D eigenvalue weighted by molar-refractivity contribution is 6.05. The first-order valence-electron chi connectivity index (χ1n) is 6.36. The second-order valence-electron chi connectivity index (χ2n) is 4.51. The molecule has 0 radical (unpaired) electrons. The van der Waals surface area contributed by atoms with Gasteiger partial charge in [-0.1, -0.05) is 18.2 Å². The first-order valence-corrected chi connectivity index (χ1v) is 6.36. The van der Waals surface area contributed by atoms with E-state index in [2.05, 4.69) is 10.6 Å². The molecule has 0 atom stereocenters. The van der Waals surface area contributed by atoms with Gasteiger partial charge < -0.3 is 10.6 Å². The van der Waals surface area contributed by atoms with Gasteiger partial charge in [0.15, 0.2) is 0 Å². The molecule has 0 aromatic heterocycles. The summed E-state index contributed by atoms with van der Waals surface area (Å²) in [5.74, 6) is -0.301. The minimum Gasteiger partial charge on any atom is -0.383 e. The Morgan fingerprint density at radius 1 is 1.14 bits per heavy atom. The maximum absolute atomic E-state index is 12.1. The summed E-state index contributed by atoms with van der Waals surface area (Å²) >= 11 is 0. The maximum atomic E-state index is 12.1. The minimum atomic E-state index is -0.483. The molecule has 1 amide bonds. The number of carbonyl (C=O) groups excluding carboxylic acids is 1. The topological polar surface area (TPSA) is 84.3 Å². The van der Waals surface area contributed by atoms with Gasteiger partial charge in [-0.3, -0.25) is 14.9 Å². The first kappa shape index (κ1) is 14.5. The number of aryl methyl sites for hydroxylation is 1. The Morgan fingerprint density at radius 3 is 2.38 bits per heavy atom. The summed E-state index contributed by atoms with van der Waals surface area (Å²) in [6.45, 7) is 1.78. The van der Waals surface area contributed by atoms with Crippen LogP contribution in [0.1, 0.15) is 15.9 Å². The van der Waals surface area contributed by atoms with Crippen molar-refractivity contribution in [3.8, 4) is 0 Å². The number of anilines is 2. The van der Waals surface area contributed by atoms with E-state index in [1.165, 1.54) is 6.07 Å². The van der Waals surface area contributed by atoms with Gasteiger partial charge in [0.25, 0.3) is 11.6 Å². The molecule has 0 bridgehead atoms. The van der Waals surface area contributed by atoms with Crippen molar-refractivity contribution in [2.75, 3.05) is 17.7 Å². The van der Waals surface area contributed by atoms with Crippen molar-refractivity contribution in [3.63, 3.8) is 0 Å². The molecular weight excluding hydrogens is 270 g/mol. The molecule has 0 aliphatic heterocycles. The predicted octanol–water partition coefficient (Wildman–Crippen LogP) is 3.20. The van der Waals surface area contributed by atoms with Crippen LogP contribution in [-0.2, 0) is 0 Å². The number of hydrogen-bond acceptors (Lipinski definition) is 4. The van der Waals surface area contributed by atoms with E-state index < -0.39 is 4.92 Å². The summed E-state index contributed by atoms with van der Waals surface area (Å²) in [4.78, 5) is 22.7. The Balaban J connectivity index is 2.34. The molecular formula is C15H15N3O3. The Labute approximate surface area is 121 Å². The Morgan fingerprint density at radius 2 is 1.81 bits per heavy atom. The summed E-state index contributed by atoms with van der Waals surface area (Å²) in [6.07, 6.45) is 0. The normalized spacial score (nSPS) is 10.0. The zero-order chi connectivity index (χ0) is 15.4. The van der Waals surface area contributed by atoms with Gasteiger partial charge >= 0.3 is 0 Å². The van der Waals surface area contributed by atoms with Crippen LogP contribution in [0, 0.1) is 17.0 Å². The smallest absolute Gasteiger partial charge is 0.294 e. The van der Waals surface area contributed by atoms with E-state index in [1.54, 1.807) is 44.3 Å². The van der Waals surface area contributed by atoms with Crippen molar-refractivity contribution in [3.05, 3.63) is 63.7 Å². The zero-order valence-corrected chi connectivity index (χ0v) is 11.7. The Bertz CT molecular complexity index is 684. The SMILES string of the molecule is CNc1cc(C)c(NC(=O)c2ccccc2)cc1[N+](=O)[O-]. The van der Waals surface area contributed by atoms with E-state index in [9.17, 15) is 14.9 Å². The highest BCUT2D eigenvalue weighted by atomic mass is 16.6. The van der Waals surface area contributed by atoms with Crippen LogP contribution >= 0.6 is 0 Å². The second-order valence-corrected chi connectivity index (χ2v) is 4.51. The number of benzene rings is 2. The fraction of sp³-hybridized carbons (Fsp3) is 0.133. The summed E-state index contributed by atoms with van der Waals surface area (Å²) in [5, 5.41) is 16.5. The van der Waals surface area contributed by atoms with Crippen LogP contribution in [0.2, 0.25) is 0 Å². The van der Waals surface area contributed by atoms with Crippen LogP contribution in [0.15, 0.2) is 42.5 Å². The molecule has 108 valence electrons. The largest absolute Gasteiger partial charge is 0.383 e. The van der Waals surface area contributed by atoms with Crippen molar-refractivity contribution in [2.24, 2.45) is 0 Å². The number of nitrogens with one attached hydrogen (secondary N) is 2. The van der Waals surface area contributed by atoms with Crippen molar-refractivity contribution < 1.29 is 9.72 Å². The zero-order valence-electron chi connectivity index (χ0n) is 11.7. The summed E-state index contributed by atoms with van der Waals surface area (Å²) in [6, 6.07) is 11.7. The second kappa shape index (κ2) is 6.04. The Hall–Kier alpha value is -2.89. The van der Waals surface area contributed by atoms with Gasteiger partial charge in [-0.2, -0.15) is 0 Å². The van der Waals surface area contributed by atoms with Gasteiger partial charge in [0.1, 0.15) is 5.69 Å². The van der Waals surface area contributed by atoms with E-state index in [1.807, 2.05) is 6.07 Å². The lowest BCUT2D eigenvalue weighted by atomic mass is 10.1. The standard InChI is InChI=1S/C15H15N3O3/c1-10-8-13(16-2)14(18(20)21)9-12(10)17-15(19)11-6-4-3-5-7-11/h3-9,16H,1-2H3,(H,17,19). The van der Waals surface area contributed by atoms with Crippen molar-refractivity contribution in [1.29, 1.82) is 0 Å². The Kier molecular flexibility index (Phi) is 4.18. The molecule has 6 nitrogen and oxygen atoms in total. The summed E-state index contributed by atoms with van der Waals surface area (Å²) < 4.78 is 0. The quantitative estimate of drug-likeness (QED) is 0.667. The van der Waals surface area contributed by atoms with E-state index in [0.717, 1.165) is 5.56 Å². The molecule has 0 aliphatic carbocycles. The number of carbonyl (C=O) groups is 1. The summed E-state index contributed by atoms with van der Waals surface area (Å²) in [7, 11) is 1.62.